The highest BCUT2D eigenvalue weighted by atomic mass is 16.3. The van der Waals surface area contributed by atoms with Gasteiger partial charge in [-0.05, 0) is 44.1 Å². The number of carbonyl (C=O) groups excluding carboxylic acids is 2. The first-order valence-electron chi connectivity index (χ1n) is 13.3. The number of fused-ring (bicyclic) bond motifs is 2. The number of carbonyl (C=O) groups is 2. The Morgan fingerprint density at radius 1 is 0.921 bits per heavy atom. The molecular weight excluding hydrogens is 478 g/mol. The van der Waals surface area contributed by atoms with Crippen LogP contribution < -0.4 is 10.2 Å². The van der Waals surface area contributed by atoms with E-state index in [9.17, 15) is 14.7 Å². The normalized spacial score (nSPS) is 17.6. The minimum absolute atomic E-state index is 0.364. The van der Waals surface area contributed by atoms with Gasteiger partial charge in [0.1, 0.15) is 0 Å². The van der Waals surface area contributed by atoms with Crippen LogP contribution >= 0.6 is 0 Å². The van der Waals surface area contributed by atoms with Gasteiger partial charge in [-0.1, -0.05) is 30.7 Å². The van der Waals surface area contributed by atoms with E-state index in [4.69, 9.17) is 0 Å². The molecule has 4 aromatic rings. The molecule has 8 heteroatoms. The Kier molecular flexibility index (Phi) is 6.29. The number of anilines is 1. The quantitative estimate of drug-likeness (QED) is 0.330. The highest BCUT2D eigenvalue weighted by Gasteiger charge is 2.35. The van der Waals surface area contributed by atoms with E-state index in [0.717, 1.165) is 40.6 Å². The summed E-state index contributed by atoms with van der Waals surface area (Å²) in [5.74, 6) is -0.806. The van der Waals surface area contributed by atoms with Crippen LogP contribution in [0.2, 0.25) is 0 Å². The number of piperidine rings is 1. The number of amides is 2. The zero-order chi connectivity index (χ0) is 26.4. The number of aliphatic hydroxyl groups excluding tert-OH is 1. The van der Waals surface area contributed by atoms with Crippen molar-refractivity contribution in [2.24, 2.45) is 0 Å². The second-order valence-corrected chi connectivity index (χ2v) is 10.6. The summed E-state index contributed by atoms with van der Waals surface area (Å²) in [6, 6.07) is 13.8. The number of benzene rings is 2. The van der Waals surface area contributed by atoms with Gasteiger partial charge >= 0.3 is 0 Å². The summed E-state index contributed by atoms with van der Waals surface area (Å²) in [5.41, 5.74) is 4.89. The van der Waals surface area contributed by atoms with Crippen molar-refractivity contribution in [3.8, 4) is 0 Å². The summed E-state index contributed by atoms with van der Waals surface area (Å²) in [5, 5.41) is 15.4. The molecule has 1 atom stereocenters. The lowest BCUT2D eigenvalue weighted by atomic mass is 9.95. The smallest absolute Gasteiger partial charge is 0.259 e. The average molecular weight is 512 g/mol. The monoisotopic (exact) mass is 511 g/mol. The fourth-order valence-electron chi connectivity index (χ4n) is 6.02. The van der Waals surface area contributed by atoms with Gasteiger partial charge in [-0.15, -0.1) is 0 Å². The van der Waals surface area contributed by atoms with Gasteiger partial charge in [0.2, 0.25) is 0 Å². The molecule has 1 unspecified atom stereocenters. The van der Waals surface area contributed by atoms with E-state index >= 15 is 0 Å². The first-order chi connectivity index (χ1) is 18.4. The topological polar surface area (TPSA) is 93.6 Å². The third-order valence-corrected chi connectivity index (χ3v) is 7.75. The maximum Gasteiger partial charge on any atom is 0.259 e. The zero-order valence-electron chi connectivity index (χ0n) is 21.8. The number of nitrogens with one attached hydrogen (secondary N) is 2. The molecule has 0 radical (unpaired) electrons. The van der Waals surface area contributed by atoms with Gasteiger partial charge in [0.05, 0.1) is 22.8 Å². The molecule has 2 aliphatic heterocycles. The Bertz CT molecular complexity index is 1570. The van der Waals surface area contributed by atoms with Crippen molar-refractivity contribution in [3.05, 3.63) is 66.0 Å². The molecule has 1 saturated heterocycles. The third kappa shape index (κ3) is 4.19. The average Bonchev–Trinajstić information content (AvgIpc) is 3.57. The number of H-pyrrole nitrogens is 1. The summed E-state index contributed by atoms with van der Waals surface area (Å²) < 4.78 is 2.03. The van der Waals surface area contributed by atoms with Crippen molar-refractivity contribution in [1.29, 1.82) is 0 Å². The number of hydrogen-bond acceptors (Lipinski definition) is 5. The highest BCUT2D eigenvalue weighted by molar-refractivity contribution is 6.51. The third-order valence-electron chi connectivity index (χ3n) is 7.75. The number of rotatable bonds is 7. The van der Waals surface area contributed by atoms with Gasteiger partial charge in [-0.3, -0.25) is 14.9 Å². The van der Waals surface area contributed by atoms with Gasteiger partial charge in [0.15, 0.2) is 0 Å². The number of aliphatic hydroxyl groups is 1. The highest BCUT2D eigenvalue weighted by Crippen LogP contribution is 2.41. The van der Waals surface area contributed by atoms with E-state index in [1.807, 2.05) is 72.2 Å². The molecule has 0 spiro atoms. The minimum Gasteiger partial charge on any atom is -0.390 e. The molecule has 0 bridgehead atoms. The summed E-state index contributed by atoms with van der Waals surface area (Å²) >= 11 is 0. The molecule has 2 amide bonds. The summed E-state index contributed by atoms with van der Waals surface area (Å²) in [6.45, 7) is 3.05. The van der Waals surface area contributed by atoms with Crippen molar-refractivity contribution >= 4 is 50.5 Å². The number of aromatic nitrogens is 2. The Balaban J connectivity index is 1.51. The Morgan fingerprint density at radius 2 is 1.66 bits per heavy atom. The molecule has 2 aromatic carbocycles. The number of β-amino-alcohol motifs (C(OH)–C–C–N with tert-alkyl or cyclic N) is 1. The predicted molar refractivity (Wildman–Crippen MR) is 151 cm³/mol. The molecule has 1 fully saturated rings. The molecule has 3 N–H and O–H groups in total. The second kappa shape index (κ2) is 9.78. The van der Waals surface area contributed by atoms with E-state index < -0.39 is 17.9 Å². The number of imide groups is 1. The van der Waals surface area contributed by atoms with Crippen LogP contribution in [0.25, 0.3) is 33.0 Å². The lowest BCUT2D eigenvalue weighted by Crippen LogP contribution is -2.37. The van der Waals surface area contributed by atoms with E-state index in [0.29, 0.717) is 35.4 Å². The molecule has 2 aromatic heterocycles. The lowest BCUT2D eigenvalue weighted by Gasteiger charge is -2.28. The molecule has 4 heterocycles. The van der Waals surface area contributed by atoms with Crippen LogP contribution in [0.3, 0.4) is 0 Å². The van der Waals surface area contributed by atoms with Gasteiger partial charge in [0.25, 0.3) is 11.8 Å². The Labute approximate surface area is 221 Å². The largest absolute Gasteiger partial charge is 0.390 e. The van der Waals surface area contributed by atoms with Crippen LogP contribution in [0, 0.1) is 0 Å². The Morgan fingerprint density at radius 3 is 2.42 bits per heavy atom. The van der Waals surface area contributed by atoms with Crippen molar-refractivity contribution in [2.75, 3.05) is 38.6 Å². The molecular formula is C30H33N5O3. The summed E-state index contributed by atoms with van der Waals surface area (Å²) in [6.07, 6.45) is 6.76. The van der Waals surface area contributed by atoms with Crippen LogP contribution in [-0.4, -0.2) is 71.2 Å². The zero-order valence-corrected chi connectivity index (χ0v) is 21.8. The van der Waals surface area contributed by atoms with Crippen molar-refractivity contribution in [3.63, 3.8) is 0 Å². The van der Waals surface area contributed by atoms with E-state index in [2.05, 4.69) is 15.2 Å². The lowest BCUT2D eigenvalue weighted by molar-refractivity contribution is -0.122. The van der Waals surface area contributed by atoms with Crippen LogP contribution in [-0.2, 0) is 16.1 Å². The van der Waals surface area contributed by atoms with Crippen LogP contribution in [0.4, 0.5) is 5.69 Å². The molecule has 196 valence electrons. The number of aromatic amines is 1. The van der Waals surface area contributed by atoms with E-state index in [-0.39, 0.29) is 0 Å². The van der Waals surface area contributed by atoms with Crippen LogP contribution in [0.15, 0.2) is 54.9 Å². The molecule has 2 aliphatic rings. The summed E-state index contributed by atoms with van der Waals surface area (Å²) in [4.78, 5) is 34.1. The fraction of sp³-hybridized carbons (Fsp3) is 0.333. The number of para-hydroxylation sites is 1. The molecule has 0 saturated carbocycles. The van der Waals surface area contributed by atoms with E-state index in [1.54, 1.807) is 6.20 Å². The Hall–Kier alpha value is -3.88. The fourth-order valence-corrected chi connectivity index (χ4v) is 6.02. The maximum absolute atomic E-state index is 13.4. The number of hydrogen-bond donors (Lipinski definition) is 3. The summed E-state index contributed by atoms with van der Waals surface area (Å²) in [7, 11) is 3.94. The SMILES string of the molecule is CN(C)c1cccc2c1c(C1=C(c3c[nH]c4ccccc34)C(=O)NC1=O)cn2CC(O)CN1CCCCC1. The van der Waals surface area contributed by atoms with Crippen molar-refractivity contribution in [1.82, 2.24) is 19.8 Å². The van der Waals surface area contributed by atoms with Gasteiger partial charge < -0.3 is 24.5 Å². The minimum atomic E-state index is -0.555. The maximum atomic E-state index is 13.4. The predicted octanol–water partition coefficient (Wildman–Crippen LogP) is 3.60. The van der Waals surface area contributed by atoms with Crippen molar-refractivity contribution < 1.29 is 14.7 Å². The molecule has 8 nitrogen and oxygen atoms in total. The first kappa shape index (κ1) is 24.5. The van der Waals surface area contributed by atoms with Gasteiger partial charge in [-0.2, -0.15) is 0 Å². The van der Waals surface area contributed by atoms with E-state index in [1.165, 1.54) is 19.3 Å². The molecule has 38 heavy (non-hydrogen) atoms. The van der Waals surface area contributed by atoms with Crippen molar-refractivity contribution in [2.45, 2.75) is 31.9 Å². The number of nitrogens with zero attached hydrogens (tertiary/aromatic N) is 3. The van der Waals surface area contributed by atoms with Crippen LogP contribution in [0.1, 0.15) is 30.4 Å². The molecule has 6 rings (SSSR count). The second-order valence-electron chi connectivity index (χ2n) is 10.6. The van der Waals surface area contributed by atoms with Gasteiger partial charge in [0, 0.05) is 72.7 Å². The molecule has 0 aliphatic carbocycles. The standard InChI is InChI=1S/C30H33N5O3/c1-33(2)24-11-8-12-25-26(24)22(18-35(25)17-19(36)16-34-13-6-3-7-14-34)28-27(29(37)32-30(28)38)21-15-31-23-10-5-4-9-20(21)23/h4-5,8-12,15,18-19,31,36H,3,6-7,13-14,16-17H2,1-2H3,(H,32,37,38). The van der Waals surface area contributed by atoms with Crippen LogP contribution in [0.5, 0.6) is 0 Å². The van der Waals surface area contributed by atoms with Gasteiger partial charge in [-0.25, -0.2) is 0 Å². The first-order valence-corrected chi connectivity index (χ1v) is 13.3. The number of likely N-dealkylation sites (tertiary alicyclic amines) is 1.